The number of aryl methyl sites for hydroxylation is 1. The van der Waals surface area contributed by atoms with Gasteiger partial charge in [0.2, 0.25) is 5.78 Å². The fourth-order valence-electron chi connectivity index (χ4n) is 1.60. The molecule has 0 bridgehead atoms. The molecule has 1 aromatic carbocycles. The second-order valence-corrected chi connectivity index (χ2v) is 3.15. The second kappa shape index (κ2) is 2.62. The van der Waals surface area contributed by atoms with Crippen LogP contribution in [0.25, 0.3) is 0 Å². The van der Waals surface area contributed by atoms with Gasteiger partial charge < -0.3 is 0 Å². The second-order valence-electron chi connectivity index (χ2n) is 3.15. The van der Waals surface area contributed by atoms with Crippen LogP contribution in [0.5, 0.6) is 0 Å². The lowest BCUT2D eigenvalue weighted by molar-refractivity contribution is -0.145. The highest BCUT2D eigenvalue weighted by atomic mass is 19.3. The lowest BCUT2D eigenvalue weighted by Crippen LogP contribution is -2.31. The van der Waals surface area contributed by atoms with Crippen molar-refractivity contribution in [3.63, 3.8) is 0 Å². The minimum absolute atomic E-state index is 0.0516. The minimum Gasteiger partial charge on any atom is -0.293 e. The van der Waals surface area contributed by atoms with E-state index in [-0.39, 0.29) is 12.0 Å². The summed E-state index contributed by atoms with van der Waals surface area (Å²) < 4.78 is 26.5. The van der Waals surface area contributed by atoms with Gasteiger partial charge in [0, 0.05) is 12.0 Å². The fourth-order valence-corrected chi connectivity index (χ4v) is 1.60. The van der Waals surface area contributed by atoms with Crippen molar-refractivity contribution in [3.8, 4) is 0 Å². The number of rotatable bonds is 0. The van der Waals surface area contributed by atoms with Crippen LogP contribution in [0, 0.1) is 0 Å². The van der Waals surface area contributed by atoms with Gasteiger partial charge in [-0.05, 0) is 12.0 Å². The van der Waals surface area contributed by atoms with Gasteiger partial charge in [-0.25, -0.2) is 0 Å². The lowest BCUT2D eigenvalue weighted by atomic mass is 9.88. The largest absolute Gasteiger partial charge is 0.330 e. The number of ketones is 1. The van der Waals surface area contributed by atoms with Crippen LogP contribution >= 0.6 is 0 Å². The summed E-state index contributed by atoms with van der Waals surface area (Å²) in [5.41, 5.74) is 0.471. The first-order chi connectivity index (χ1) is 6.12. The number of hydrogen-bond acceptors (Lipinski definition) is 1. The number of fused-ring (bicyclic) bond motifs is 1. The van der Waals surface area contributed by atoms with Crippen molar-refractivity contribution in [2.75, 3.05) is 0 Å². The summed E-state index contributed by atoms with van der Waals surface area (Å²) in [5.74, 6) is -4.24. The molecule has 0 unspecified atom stereocenters. The predicted octanol–water partition coefficient (Wildman–Crippen LogP) is 2.29. The van der Waals surface area contributed by atoms with E-state index in [0.29, 0.717) is 12.0 Å². The number of benzene rings is 1. The number of carbonyl (C=O) groups is 1. The predicted molar refractivity (Wildman–Crippen MR) is 43.7 cm³/mol. The highest BCUT2D eigenvalue weighted by molar-refractivity contribution is 5.89. The van der Waals surface area contributed by atoms with E-state index < -0.39 is 11.7 Å². The van der Waals surface area contributed by atoms with Gasteiger partial charge in [0.25, 0.3) is 0 Å². The summed E-state index contributed by atoms with van der Waals surface area (Å²) in [7, 11) is 0. The molecular formula is C10H8F2O. The van der Waals surface area contributed by atoms with Crippen LogP contribution in [0.1, 0.15) is 17.5 Å². The van der Waals surface area contributed by atoms with Crippen molar-refractivity contribution < 1.29 is 13.6 Å². The number of carbonyl (C=O) groups excluding carboxylic acids is 1. The smallest absolute Gasteiger partial charge is 0.293 e. The van der Waals surface area contributed by atoms with Crippen LogP contribution in [-0.4, -0.2) is 5.78 Å². The Kier molecular flexibility index (Phi) is 1.68. The van der Waals surface area contributed by atoms with Crippen molar-refractivity contribution in [2.45, 2.75) is 18.8 Å². The van der Waals surface area contributed by atoms with Gasteiger partial charge in [0.1, 0.15) is 0 Å². The number of alkyl halides is 2. The van der Waals surface area contributed by atoms with Crippen molar-refractivity contribution in [3.05, 3.63) is 35.4 Å². The Morgan fingerprint density at radius 2 is 1.85 bits per heavy atom. The van der Waals surface area contributed by atoms with E-state index in [9.17, 15) is 13.6 Å². The summed E-state index contributed by atoms with van der Waals surface area (Å²) in [6.07, 6.45) is 0.384. The SMILES string of the molecule is O=C1CCc2ccccc2C1(F)F. The summed E-state index contributed by atoms with van der Waals surface area (Å²) in [5, 5.41) is 0. The Morgan fingerprint density at radius 1 is 1.15 bits per heavy atom. The van der Waals surface area contributed by atoms with E-state index in [1.54, 1.807) is 12.1 Å². The molecule has 0 N–H and O–H groups in total. The van der Waals surface area contributed by atoms with Gasteiger partial charge in [0.05, 0.1) is 0 Å². The number of halogens is 2. The molecule has 2 rings (SSSR count). The fraction of sp³-hybridized carbons (Fsp3) is 0.300. The van der Waals surface area contributed by atoms with Crippen molar-refractivity contribution >= 4 is 5.78 Å². The Hall–Kier alpha value is -1.25. The molecule has 0 fully saturated rings. The summed E-state index contributed by atoms with van der Waals surface area (Å²) in [4.78, 5) is 10.9. The topological polar surface area (TPSA) is 17.1 Å². The molecule has 1 aliphatic rings. The summed E-state index contributed by atoms with van der Waals surface area (Å²) in [6.45, 7) is 0. The highest BCUT2D eigenvalue weighted by Crippen LogP contribution is 2.36. The lowest BCUT2D eigenvalue weighted by Gasteiger charge is -2.23. The summed E-state index contributed by atoms with van der Waals surface area (Å²) in [6, 6.07) is 6.22. The Balaban J connectivity index is 2.59. The monoisotopic (exact) mass is 182 g/mol. The number of Topliss-reactive ketones (excluding diaryl/α,β-unsaturated/α-hetero) is 1. The first-order valence-electron chi connectivity index (χ1n) is 4.12. The van der Waals surface area contributed by atoms with Crippen LogP contribution in [0.3, 0.4) is 0 Å². The van der Waals surface area contributed by atoms with Crippen LogP contribution in [0.2, 0.25) is 0 Å². The zero-order valence-corrected chi connectivity index (χ0v) is 6.89. The molecule has 0 saturated heterocycles. The first-order valence-corrected chi connectivity index (χ1v) is 4.12. The molecule has 0 aromatic heterocycles. The Bertz CT molecular complexity index is 358. The van der Waals surface area contributed by atoms with E-state index in [4.69, 9.17) is 0 Å². The molecule has 0 spiro atoms. The van der Waals surface area contributed by atoms with E-state index in [0.717, 1.165) is 0 Å². The molecule has 3 heteroatoms. The Morgan fingerprint density at radius 3 is 2.62 bits per heavy atom. The molecule has 0 aliphatic heterocycles. The minimum atomic E-state index is -3.27. The molecule has 1 nitrogen and oxygen atoms in total. The molecular weight excluding hydrogens is 174 g/mol. The number of hydrogen-bond donors (Lipinski definition) is 0. The van der Waals surface area contributed by atoms with Crippen molar-refractivity contribution in [1.29, 1.82) is 0 Å². The van der Waals surface area contributed by atoms with E-state index in [2.05, 4.69) is 0 Å². The van der Waals surface area contributed by atoms with E-state index >= 15 is 0 Å². The van der Waals surface area contributed by atoms with Gasteiger partial charge in [-0.1, -0.05) is 24.3 Å². The molecule has 0 amide bonds. The average molecular weight is 182 g/mol. The van der Waals surface area contributed by atoms with Crippen molar-refractivity contribution in [1.82, 2.24) is 0 Å². The third-order valence-corrected chi connectivity index (χ3v) is 2.33. The van der Waals surface area contributed by atoms with Gasteiger partial charge in [-0.2, -0.15) is 8.78 Å². The third kappa shape index (κ3) is 1.15. The maximum Gasteiger partial charge on any atom is 0.330 e. The first kappa shape index (κ1) is 8.35. The Labute approximate surface area is 74.4 Å². The molecule has 0 atom stereocenters. The van der Waals surface area contributed by atoms with Crippen LogP contribution in [0.15, 0.2) is 24.3 Å². The van der Waals surface area contributed by atoms with E-state index in [1.807, 2.05) is 0 Å². The third-order valence-electron chi connectivity index (χ3n) is 2.33. The van der Waals surface area contributed by atoms with Gasteiger partial charge in [0.15, 0.2) is 0 Å². The van der Waals surface area contributed by atoms with Gasteiger partial charge in [-0.15, -0.1) is 0 Å². The molecule has 0 radical (unpaired) electrons. The van der Waals surface area contributed by atoms with Gasteiger partial charge >= 0.3 is 5.92 Å². The molecule has 13 heavy (non-hydrogen) atoms. The van der Waals surface area contributed by atoms with E-state index in [1.165, 1.54) is 12.1 Å². The zero-order valence-electron chi connectivity index (χ0n) is 6.89. The molecule has 68 valence electrons. The van der Waals surface area contributed by atoms with Crippen LogP contribution in [0.4, 0.5) is 8.78 Å². The maximum absolute atomic E-state index is 13.2. The average Bonchev–Trinajstić information content (AvgIpc) is 2.13. The maximum atomic E-state index is 13.2. The molecule has 1 aliphatic carbocycles. The zero-order chi connectivity index (χ0) is 9.47. The highest BCUT2D eigenvalue weighted by Gasteiger charge is 2.44. The molecule has 1 aromatic rings. The van der Waals surface area contributed by atoms with Gasteiger partial charge in [-0.3, -0.25) is 4.79 Å². The van der Waals surface area contributed by atoms with Crippen molar-refractivity contribution in [2.24, 2.45) is 0 Å². The molecule has 0 heterocycles. The summed E-state index contributed by atoms with van der Waals surface area (Å²) >= 11 is 0. The van der Waals surface area contributed by atoms with Crippen LogP contribution < -0.4 is 0 Å². The molecule has 0 saturated carbocycles. The quantitative estimate of drug-likeness (QED) is 0.601. The normalized spacial score (nSPS) is 19.7. The van der Waals surface area contributed by atoms with Crippen LogP contribution in [-0.2, 0) is 17.1 Å². The standard InChI is InChI=1S/C10H8F2O/c11-10(12)8-4-2-1-3-7(8)5-6-9(10)13/h1-4H,5-6H2.